The van der Waals surface area contributed by atoms with Gasteiger partial charge in [0.15, 0.2) is 0 Å². The summed E-state index contributed by atoms with van der Waals surface area (Å²) in [6, 6.07) is 5.67. The van der Waals surface area contributed by atoms with Gasteiger partial charge in [-0.1, -0.05) is 12.1 Å². The second-order valence-electron chi connectivity index (χ2n) is 4.63. The topological polar surface area (TPSA) is 85.3 Å². The van der Waals surface area contributed by atoms with Crippen LogP contribution < -0.4 is 5.73 Å². The minimum Gasteiger partial charge on any atom is -0.338 e. The van der Waals surface area contributed by atoms with E-state index in [2.05, 4.69) is 10.3 Å². The zero-order valence-corrected chi connectivity index (χ0v) is 9.87. The highest BCUT2D eigenvalue weighted by atomic mass is 16.6. The third-order valence-corrected chi connectivity index (χ3v) is 3.36. The quantitative estimate of drug-likeness (QED) is 0.853. The maximum Gasteiger partial charge on any atom is 0.223 e. The Labute approximate surface area is 104 Å². The Balaban J connectivity index is 1.84. The van der Waals surface area contributed by atoms with Crippen molar-refractivity contribution in [2.75, 3.05) is 13.1 Å². The van der Waals surface area contributed by atoms with E-state index < -0.39 is 0 Å². The molecule has 1 atom stereocenters. The van der Waals surface area contributed by atoms with Crippen LogP contribution in [0.1, 0.15) is 12.0 Å². The van der Waals surface area contributed by atoms with Crippen LogP contribution in [0.25, 0.3) is 11.0 Å². The van der Waals surface area contributed by atoms with Gasteiger partial charge in [-0.15, -0.1) is 0 Å². The number of carbonyl (C=O) groups excluding carboxylic acids is 1. The molecule has 6 nitrogen and oxygen atoms in total. The summed E-state index contributed by atoms with van der Waals surface area (Å²) in [6.45, 7) is 1.82. The van der Waals surface area contributed by atoms with Gasteiger partial charge in [-0.3, -0.25) is 4.79 Å². The number of likely N-dealkylation sites (tertiary alicyclic amines) is 1. The van der Waals surface area contributed by atoms with E-state index >= 15 is 0 Å². The van der Waals surface area contributed by atoms with Crippen molar-refractivity contribution < 1.29 is 9.42 Å². The van der Waals surface area contributed by atoms with Crippen LogP contribution in [0.3, 0.4) is 0 Å². The van der Waals surface area contributed by atoms with Crippen molar-refractivity contribution in [2.45, 2.75) is 13.0 Å². The lowest BCUT2D eigenvalue weighted by Gasteiger charge is -2.16. The number of amides is 1. The van der Waals surface area contributed by atoms with Crippen molar-refractivity contribution >= 4 is 16.9 Å². The number of hydrogen-bond acceptors (Lipinski definition) is 5. The fourth-order valence-electron chi connectivity index (χ4n) is 2.36. The van der Waals surface area contributed by atoms with E-state index in [-0.39, 0.29) is 11.8 Å². The van der Waals surface area contributed by atoms with Crippen molar-refractivity contribution in [2.24, 2.45) is 11.7 Å². The fourth-order valence-corrected chi connectivity index (χ4v) is 2.36. The average Bonchev–Trinajstić information content (AvgIpc) is 2.97. The smallest absolute Gasteiger partial charge is 0.223 e. The van der Waals surface area contributed by atoms with E-state index in [9.17, 15) is 4.79 Å². The zero-order valence-electron chi connectivity index (χ0n) is 9.87. The molecule has 2 N–H and O–H groups in total. The molecular formula is C12H14N4O2. The maximum absolute atomic E-state index is 11.8. The molecular weight excluding hydrogens is 232 g/mol. The highest BCUT2D eigenvalue weighted by molar-refractivity contribution is 5.80. The molecule has 1 aliphatic heterocycles. The number of carbonyl (C=O) groups is 1. The molecule has 0 bridgehead atoms. The molecule has 1 fully saturated rings. The van der Waals surface area contributed by atoms with Crippen molar-refractivity contribution in [3.05, 3.63) is 23.8 Å². The van der Waals surface area contributed by atoms with Crippen LogP contribution in [0.4, 0.5) is 0 Å². The molecule has 18 heavy (non-hydrogen) atoms. The van der Waals surface area contributed by atoms with Crippen molar-refractivity contribution in [1.29, 1.82) is 0 Å². The van der Waals surface area contributed by atoms with Gasteiger partial charge in [-0.25, -0.2) is 4.63 Å². The molecule has 1 aromatic heterocycles. The predicted octanol–water partition coefficient (Wildman–Crippen LogP) is 0.530. The normalized spacial score (nSPS) is 19.9. The number of benzene rings is 1. The van der Waals surface area contributed by atoms with Crippen LogP contribution in [0.2, 0.25) is 0 Å². The summed E-state index contributed by atoms with van der Waals surface area (Å²) in [5, 5.41) is 7.67. The van der Waals surface area contributed by atoms with Crippen LogP contribution in [0.15, 0.2) is 22.8 Å². The first-order valence-electron chi connectivity index (χ1n) is 5.96. The standard InChI is InChI=1S/C12H14N4O2/c13-5-8-4-11(17)16(6-8)7-9-2-1-3-10-12(9)15-18-14-10/h1-3,8H,4-7,13H2. The second kappa shape index (κ2) is 4.38. The number of rotatable bonds is 3. The van der Waals surface area contributed by atoms with Gasteiger partial charge in [-0.2, -0.15) is 0 Å². The summed E-state index contributed by atoms with van der Waals surface area (Å²) >= 11 is 0. The minimum absolute atomic E-state index is 0.152. The van der Waals surface area contributed by atoms with Gasteiger partial charge >= 0.3 is 0 Å². The molecule has 0 aliphatic carbocycles. The van der Waals surface area contributed by atoms with Gasteiger partial charge in [0.2, 0.25) is 5.91 Å². The third-order valence-electron chi connectivity index (χ3n) is 3.36. The van der Waals surface area contributed by atoms with Crippen LogP contribution in [-0.4, -0.2) is 34.2 Å². The summed E-state index contributed by atoms with van der Waals surface area (Å²) in [5.74, 6) is 0.422. The minimum atomic E-state index is 0.152. The van der Waals surface area contributed by atoms with E-state index in [0.717, 1.165) is 23.1 Å². The Morgan fingerprint density at radius 1 is 1.44 bits per heavy atom. The summed E-state index contributed by atoms with van der Waals surface area (Å²) in [5.41, 5.74) is 8.01. The Morgan fingerprint density at radius 2 is 2.33 bits per heavy atom. The van der Waals surface area contributed by atoms with Gasteiger partial charge in [-0.05, 0) is 28.8 Å². The van der Waals surface area contributed by atoms with Gasteiger partial charge in [0.1, 0.15) is 11.0 Å². The van der Waals surface area contributed by atoms with E-state index in [1.807, 2.05) is 23.1 Å². The highest BCUT2D eigenvalue weighted by Crippen LogP contribution is 2.22. The molecule has 0 radical (unpaired) electrons. The molecule has 2 heterocycles. The molecule has 3 rings (SSSR count). The van der Waals surface area contributed by atoms with Crippen LogP contribution in [0.5, 0.6) is 0 Å². The largest absolute Gasteiger partial charge is 0.338 e. The fraction of sp³-hybridized carbons (Fsp3) is 0.417. The molecule has 94 valence electrons. The highest BCUT2D eigenvalue weighted by Gasteiger charge is 2.28. The third kappa shape index (κ3) is 1.84. The first kappa shape index (κ1) is 11.2. The molecule has 1 aromatic carbocycles. The Hall–Kier alpha value is -1.95. The molecule has 2 aromatic rings. The van der Waals surface area contributed by atoms with E-state index in [1.165, 1.54) is 0 Å². The molecule has 0 saturated carbocycles. The SMILES string of the molecule is NCC1CC(=O)N(Cc2cccc3nonc23)C1. The zero-order chi connectivity index (χ0) is 12.5. The van der Waals surface area contributed by atoms with E-state index in [0.29, 0.717) is 19.5 Å². The molecule has 1 saturated heterocycles. The van der Waals surface area contributed by atoms with Gasteiger partial charge in [0.25, 0.3) is 0 Å². The van der Waals surface area contributed by atoms with Gasteiger partial charge < -0.3 is 10.6 Å². The Morgan fingerprint density at radius 3 is 3.11 bits per heavy atom. The average molecular weight is 246 g/mol. The lowest BCUT2D eigenvalue weighted by Crippen LogP contribution is -2.25. The first-order chi connectivity index (χ1) is 8.78. The van der Waals surface area contributed by atoms with E-state index in [4.69, 9.17) is 10.4 Å². The summed E-state index contributed by atoms with van der Waals surface area (Å²) < 4.78 is 4.72. The van der Waals surface area contributed by atoms with Crippen molar-refractivity contribution in [3.8, 4) is 0 Å². The second-order valence-corrected chi connectivity index (χ2v) is 4.63. The van der Waals surface area contributed by atoms with Gasteiger partial charge in [0, 0.05) is 25.1 Å². The van der Waals surface area contributed by atoms with Crippen LogP contribution in [0, 0.1) is 5.92 Å². The van der Waals surface area contributed by atoms with E-state index in [1.54, 1.807) is 0 Å². The number of nitrogens with zero attached hydrogens (tertiary/aromatic N) is 3. The van der Waals surface area contributed by atoms with Crippen LogP contribution in [-0.2, 0) is 11.3 Å². The Kier molecular flexibility index (Phi) is 2.71. The molecule has 1 unspecified atom stereocenters. The number of fused-ring (bicyclic) bond motifs is 1. The molecule has 1 amide bonds. The molecule has 0 spiro atoms. The number of aromatic nitrogens is 2. The molecule has 6 heteroatoms. The monoisotopic (exact) mass is 246 g/mol. The lowest BCUT2D eigenvalue weighted by atomic mass is 10.1. The maximum atomic E-state index is 11.8. The Bertz CT molecular complexity index is 580. The summed E-state index contributed by atoms with van der Waals surface area (Å²) in [4.78, 5) is 13.7. The van der Waals surface area contributed by atoms with Crippen molar-refractivity contribution in [1.82, 2.24) is 15.2 Å². The number of nitrogens with two attached hydrogens (primary N) is 1. The van der Waals surface area contributed by atoms with Crippen LogP contribution >= 0.6 is 0 Å². The molecule has 1 aliphatic rings. The number of hydrogen-bond donors (Lipinski definition) is 1. The summed E-state index contributed by atoms with van der Waals surface area (Å²) in [6.07, 6.45) is 0.545. The van der Waals surface area contributed by atoms with Crippen molar-refractivity contribution in [3.63, 3.8) is 0 Å². The predicted molar refractivity (Wildman–Crippen MR) is 64.4 cm³/mol. The lowest BCUT2D eigenvalue weighted by molar-refractivity contribution is -0.128. The summed E-state index contributed by atoms with van der Waals surface area (Å²) in [7, 11) is 0. The first-order valence-corrected chi connectivity index (χ1v) is 5.96. The van der Waals surface area contributed by atoms with Gasteiger partial charge in [0.05, 0.1) is 0 Å².